The lowest BCUT2D eigenvalue weighted by molar-refractivity contribution is -0.0206. The number of allylic oxidation sites excluding steroid dienone is 1. The van der Waals surface area contributed by atoms with Gasteiger partial charge in [-0.1, -0.05) is 39.3 Å². The summed E-state index contributed by atoms with van der Waals surface area (Å²) in [6.07, 6.45) is 3.81. The fraction of sp³-hybridized carbons (Fsp3) is 0.846. The largest absolute Gasteiger partial charge is 0.389 e. The molecular weight excluding hydrogens is 172 g/mol. The van der Waals surface area contributed by atoms with Crippen LogP contribution in [0.1, 0.15) is 54.4 Å². The highest BCUT2D eigenvalue weighted by Gasteiger charge is 2.30. The second kappa shape index (κ2) is 5.55. The predicted molar refractivity (Wildman–Crippen MR) is 63.3 cm³/mol. The highest BCUT2D eigenvalue weighted by molar-refractivity contribution is 4.99. The van der Waals surface area contributed by atoms with E-state index in [4.69, 9.17) is 0 Å². The van der Waals surface area contributed by atoms with E-state index in [-0.39, 0.29) is 0 Å². The molecule has 1 N–H and O–H groups in total. The molecule has 0 aliphatic rings. The van der Waals surface area contributed by atoms with E-state index in [1.807, 2.05) is 0 Å². The zero-order chi connectivity index (χ0) is 11.4. The molecule has 1 heteroatoms. The molecule has 1 unspecified atom stereocenters. The Kier molecular flexibility index (Phi) is 5.43. The zero-order valence-electron chi connectivity index (χ0n) is 10.6. The van der Waals surface area contributed by atoms with E-state index in [2.05, 4.69) is 47.6 Å². The Hall–Kier alpha value is -0.300. The van der Waals surface area contributed by atoms with Gasteiger partial charge in [-0.05, 0) is 38.5 Å². The SMILES string of the molecule is CC(C)=CCC(O)(CC(C)C)C(C)C. The first-order valence-corrected chi connectivity index (χ1v) is 5.63. The lowest BCUT2D eigenvalue weighted by Gasteiger charge is -2.33. The predicted octanol–water partition coefficient (Wildman–Crippen LogP) is 3.78. The minimum absolute atomic E-state index is 0.320. The maximum absolute atomic E-state index is 10.5. The molecule has 84 valence electrons. The van der Waals surface area contributed by atoms with Crippen molar-refractivity contribution in [3.63, 3.8) is 0 Å². The van der Waals surface area contributed by atoms with Crippen molar-refractivity contribution in [1.82, 2.24) is 0 Å². The van der Waals surface area contributed by atoms with Gasteiger partial charge in [0.05, 0.1) is 5.60 Å². The number of hydrogen-bond donors (Lipinski definition) is 1. The maximum Gasteiger partial charge on any atom is 0.0707 e. The average Bonchev–Trinajstić information content (AvgIpc) is 1.99. The van der Waals surface area contributed by atoms with Crippen LogP contribution in [0.2, 0.25) is 0 Å². The van der Waals surface area contributed by atoms with Gasteiger partial charge in [-0.15, -0.1) is 0 Å². The van der Waals surface area contributed by atoms with E-state index in [0.717, 1.165) is 12.8 Å². The molecule has 0 fully saturated rings. The first-order chi connectivity index (χ1) is 6.28. The summed E-state index contributed by atoms with van der Waals surface area (Å²) in [5.41, 5.74) is 0.763. The molecule has 0 rings (SSSR count). The summed E-state index contributed by atoms with van der Waals surface area (Å²) in [5, 5.41) is 10.5. The van der Waals surface area contributed by atoms with Crippen LogP contribution in [0.25, 0.3) is 0 Å². The van der Waals surface area contributed by atoms with Gasteiger partial charge in [-0.2, -0.15) is 0 Å². The smallest absolute Gasteiger partial charge is 0.0707 e. The summed E-state index contributed by atoms with van der Waals surface area (Å²) in [5.74, 6) is 0.869. The van der Waals surface area contributed by atoms with Gasteiger partial charge in [0, 0.05) is 0 Å². The van der Waals surface area contributed by atoms with E-state index >= 15 is 0 Å². The van der Waals surface area contributed by atoms with Crippen molar-refractivity contribution in [2.75, 3.05) is 0 Å². The molecule has 0 aromatic heterocycles. The van der Waals surface area contributed by atoms with Gasteiger partial charge in [-0.25, -0.2) is 0 Å². The lowest BCUT2D eigenvalue weighted by atomic mass is 9.80. The standard InChI is InChI=1S/C13H26O/c1-10(2)7-8-13(14,12(5)6)9-11(3)4/h7,11-12,14H,8-9H2,1-6H3. The maximum atomic E-state index is 10.5. The molecule has 0 saturated carbocycles. The molecular formula is C13H26O. The molecule has 1 atom stereocenters. The fourth-order valence-corrected chi connectivity index (χ4v) is 1.64. The minimum atomic E-state index is -0.522. The van der Waals surface area contributed by atoms with Gasteiger partial charge < -0.3 is 5.11 Å². The third-order valence-electron chi connectivity index (χ3n) is 2.70. The molecule has 1 nitrogen and oxygen atoms in total. The normalized spacial score (nSPS) is 15.8. The van der Waals surface area contributed by atoms with Crippen LogP contribution in [0.3, 0.4) is 0 Å². The van der Waals surface area contributed by atoms with Crippen LogP contribution in [0, 0.1) is 11.8 Å². The monoisotopic (exact) mass is 198 g/mol. The Morgan fingerprint density at radius 3 is 2.00 bits per heavy atom. The van der Waals surface area contributed by atoms with Gasteiger partial charge in [0.2, 0.25) is 0 Å². The molecule has 0 saturated heterocycles. The van der Waals surface area contributed by atoms with Crippen LogP contribution >= 0.6 is 0 Å². The van der Waals surface area contributed by atoms with Crippen LogP contribution in [-0.2, 0) is 0 Å². The van der Waals surface area contributed by atoms with Crippen LogP contribution in [0.4, 0.5) is 0 Å². The van der Waals surface area contributed by atoms with E-state index in [9.17, 15) is 5.11 Å². The van der Waals surface area contributed by atoms with Crippen molar-refractivity contribution >= 4 is 0 Å². The van der Waals surface area contributed by atoms with E-state index < -0.39 is 5.60 Å². The highest BCUT2D eigenvalue weighted by Crippen LogP contribution is 2.29. The van der Waals surface area contributed by atoms with Crippen molar-refractivity contribution in [1.29, 1.82) is 0 Å². The Balaban J connectivity index is 4.47. The van der Waals surface area contributed by atoms with Crippen LogP contribution in [-0.4, -0.2) is 10.7 Å². The summed E-state index contributed by atoms with van der Waals surface area (Å²) < 4.78 is 0. The number of aliphatic hydroxyl groups is 1. The van der Waals surface area contributed by atoms with Gasteiger partial charge >= 0.3 is 0 Å². The van der Waals surface area contributed by atoms with Crippen LogP contribution in [0.15, 0.2) is 11.6 Å². The summed E-state index contributed by atoms with van der Waals surface area (Å²) in [7, 11) is 0. The van der Waals surface area contributed by atoms with E-state index in [0.29, 0.717) is 11.8 Å². The van der Waals surface area contributed by atoms with Gasteiger partial charge in [0.15, 0.2) is 0 Å². The second-order valence-electron chi connectivity index (χ2n) is 5.34. The Labute approximate surface area is 89.2 Å². The Bertz CT molecular complexity index is 187. The molecule has 0 spiro atoms. The van der Waals surface area contributed by atoms with Crippen molar-refractivity contribution in [2.45, 2.75) is 60.0 Å². The van der Waals surface area contributed by atoms with Crippen LogP contribution < -0.4 is 0 Å². The van der Waals surface area contributed by atoms with Crippen molar-refractivity contribution in [2.24, 2.45) is 11.8 Å². The van der Waals surface area contributed by atoms with Crippen molar-refractivity contribution in [3.05, 3.63) is 11.6 Å². The van der Waals surface area contributed by atoms with Crippen molar-refractivity contribution < 1.29 is 5.11 Å². The third-order valence-corrected chi connectivity index (χ3v) is 2.70. The molecule has 0 aromatic rings. The van der Waals surface area contributed by atoms with E-state index in [1.165, 1.54) is 5.57 Å². The first kappa shape index (κ1) is 13.7. The summed E-state index contributed by atoms with van der Waals surface area (Å²) in [6, 6.07) is 0. The van der Waals surface area contributed by atoms with Crippen molar-refractivity contribution in [3.8, 4) is 0 Å². The highest BCUT2D eigenvalue weighted by atomic mass is 16.3. The molecule has 0 amide bonds. The van der Waals surface area contributed by atoms with E-state index in [1.54, 1.807) is 0 Å². The van der Waals surface area contributed by atoms with Gasteiger partial charge in [0.25, 0.3) is 0 Å². The fourth-order valence-electron chi connectivity index (χ4n) is 1.64. The van der Waals surface area contributed by atoms with Gasteiger partial charge in [0.1, 0.15) is 0 Å². The molecule has 0 aliphatic carbocycles. The zero-order valence-corrected chi connectivity index (χ0v) is 10.6. The Morgan fingerprint density at radius 2 is 1.71 bits per heavy atom. The minimum Gasteiger partial charge on any atom is -0.389 e. The lowest BCUT2D eigenvalue weighted by Crippen LogP contribution is -2.36. The summed E-state index contributed by atoms with van der Waals surface area (Å²) >= 11 is 0. The molecule has 0 aliphatic heterocycles. The molecule has 0 bridgehead atoms. The molecule has 14 heavy (non-hydrogen) atoms. The first-order valence-electron chi connectivity index (χ1n) is 5.63. The summed E-state index contributed by atoms with van der Waals surface area (Å²) in [6.45, 7) is 12.7. The van der Waals surface area contributed by atoms with Crippen LogP contribution in [0.5, 0.6) is 0 Å². The number of rotatable bonds is 5. The quantitative estimate of drug-likeness (QED) is 0.667. The summed E-state index contributed by atoms with van der Waals surface area (Å²) in [4.78, 5) is 0. The Morgan fingerprint density at radius 1 is 1.21 bits per heavy atom. The number of hydrogen-bond acceptors (Lipinski definition) is 1. The topological polar surface area (TPSA) is 20.2 Å². The van der Waals surface area contributed by atoms with Gasteiger partial charge in [-0.3, -0.25) is 0 Å². The molecule has 0 aromatic carbocycles. The third kappa shape index (κ3) is 4.80. The molecule has 0 radical (unpaired) electrons. The average molecular weight is 198 g/mol. The molecule has 0 heterocycles. The second-order valence-corrected chi connectivity index (χ2v) is 5.34.